The van der Waals surface area contributed by atoms with E-state index in [1.54, 1.807) is 18.0 Å². The molecule has 20 heavy (non-hydrogen) atoms. The number of halogens is 1. The van der Waals surface area contributed by atoms with Gasteiger partial charge in [0.2, 0.25) is 0 Å². The van der Waals surface area contributed by atoms with Crippen LogP contribution in [0.2, 0.25) is 0 Å². The fraction of sp³-hybridized carbons (Fsp3) is 0.462. The quantitative estimate of drug-likeness (QED) is 0.859. The molecule has 7 heteroatoms. The van der Waals surface area contributed by atoms with E-state index in [1.165, 1.54) is 11.3 Å². The van der Waals surface area contributed by atoms with E-state index in [9.17, 15) is 5.11 Å². The molecule has 1 atom stereocenters. The minimum absolute atomic E-state index is 0.612. The molecule has 110 valence electrons. The minimum Gasteiger partial charge on any atom is -0.493 e. The molecule has 0 bridgehead atoms. The first-order valence-electron chi connectivity index (χ1n) is 6.20. The maximum Gasteiger partial charge on any atom is 0.163 e. The summed E-state index contributed by atoms with van der Waals surface area (Å²) >= 11 is 4.92. The van der Waals surface area contributed by atoms with Gasteiger partial charge in [0.1, 0.15) is 11.8 Å². The highest BCUT2D eigenvalue weighted by atomic mass is 79.9. The standard InChI is InChI=1S/C13H18BrN3O2S/c1-16(2)6-7-17-12(9(19-3)8-15-17)13(18)10-4-5-11(14)20-10/h4-5,8,13,18H,6-7H2,1-3H3. The van der Waals surface area contributed by atoms with Crippen LogP contribution >= 0.6 is 27.3 Å². The van der Waals surface area contributed by atoms with Crippen molar-refractivity contribution < 1.29 is 9.84 Å². The van der Waals surface area contributed by atoms with Crippen LogP contribution in [0.15, 0.2) is 22.1 Å². The van der Waals surface area contributed by atoms with E-state index in [-0.39, 0.29) is 0 Å². The van der Waals surface area contributed by atoms with Crippen molar-refractivity contribution in [2.75, 3.05) is 27.7 Å². The maximum atomic E-state index is 10.6. The first-order chi connectivity index (χ1) is 9.52. The van der Waals surface area contributed by atoms with E-state index >= 15 is 0 Å². The zero-order chi connectivity index (χ0) is 14.7. The number of ether oxygens (including phenoxy) is 1. The number of methoxy groups -OCH3 is 1. The van der Waals surface area contributed by atoms with Gasteiger partial charge in [-0.3, -0.25) is 4.68 Å². The van der Waals surface area contributed by atoms with Gasteiger partial charge in [0.05, 0.1) is 23.6 Å². The molecule has 0 saturated carbocycles. The second-order valence-electron chi connectivity index (χ2n) is 4.67. The van der Waals surface area contributed by atoms with E-state index in [0.29, 0.717) is 18.0 Å². The van der Waals surface area contributed by atoms with E-state index in [2.05, 4.69) is 25.9 Å². The lowest BCUT2D eigenvalue weighted by molar-refractivity contribution is 0.203. The van der Waals surface area contributed by atoms with Crippen molar-refractivity contribution in [1.82, 2.24) is 14.7 Å². The summed E-state index contributed by atoms with van der Waals surface area (Å²) in [7, 11) is 5.61. The van der Waals surface area contributed by atoms with E-state index in [0.717, 1.165) is 15.2 Å². The third-order valence-corrected chi connectivity index (χ3v) is 4.62. The summed E-state index contributed by atoms with van der Waals surface area (Å²) in [6, 6.07) is 3.83. The van der Waals surface area contributed by atoms with Crippen LogP contribution < -0.4 is 4.74 Å². The lowest BCUT2D eigenvalue weighted by Crippen LogP contribution is -2.21. The molecule has 1 unspecified atom stereocenters. The number of aliphatic hydroxyl groups excluding tert-OH is 1. The van der Waals surface area contributed by atoms with Crippen LogP contribution in [0.5, 0.6) is 5.75 Å². The molecule has 0 amide bonds. The number of rotatable bonds is 6. The molecular weight excluding hydrogens is 342 g/mol. The van der Waals surface area contributed by atoms with Crippen LogP contribution in [0.4, 0.5) is 0 Å². The average Bonchev–Trinajstić information content (AvgIpc) is 3.01. The molecule has 1 N–H and O–H groups in total. The fourth-order valence-electron chi connectivity index (χ4n) is 1.89. The van der Waals surface area contributed by atoms with Crippen LogP contribution in [-0.4, -0.2) is 47.5 Å². The van der Waals surface area contributed by atoms with Crippen molar-refractivity contribution in [3.8, 4) is 5.75 Å². The summed E-state index contributed by atoms with van der Waals surface area (Å²) in [5.41, 5.74) is 0.698. The van der Waals surface area contributed by atoms with Crippen LogP contribution in [0, 0.1) is 0 Å². The van der Waals surface area contributed by atoms with Gasteiger partial charge < -0.3 is 14.7 Å². The summed E-state index contributed by atoms with van der Waals surface area (Å²) in [4.78, 5) is 2.94. The smallest absolute Gasteiger partial charge is 0.163 e. The topological polar surface area (TPSA) is 50.5 Å². The highest BCUT2D eigenvalue weighted by Crippen LogP contribution is 2.35. The monoisotopic (exact) mass is 359 g/mol. The van der Waals surface area contributed by atoms with Crippen LogP contribution in [0.3, 0.4) is 0 Å². The first-order valence-corrected chi connectivity index (χ1v) is 7.81. The Morgan fingerprint density at radius 2 is 2.25 bits per heavy atom. The SMILES string of the molecule is COc1cnn(CCN(C)C)c1C(O)c1ccc(Br)s1. The summed E-state index contributed by atoms with van der Waals surface area (Å²) in [6.45, 7) is 1.55. The Bertz CT molecular complexity index is 568. The summed E-state index contributed by atoms with van der Waals surface area (Å²) < 4.78 is 8.11. The second-order valence-corrected chi connectivity index (χ2v) is 7.16. The second kappa shape index (κ2) is 6.71. The van der Waals surface area contributed by atoms with Gasteiger partial charge in [0, 0.05) is 11.4 Å². The van der Waals surface area contributed by atoms with Gasteiger partial charge in [-0.05, 0) is 42.2 Å². The lowest BCUT2D eigenvalue weighted by atomic mass is 10.2. The Balaban J connectivity index is 2.30. The fourth-order valence-corrected chi connectivity index (χ4v) is 3.31. The van der Waals surface area contributed by atoms with Gasteiger partial charge >= 0.3 is 0 Å². The highest BCUT2D eigenvalue weighted by Gasteiger charge is 2.22. The molecule has 5 nitrogen and oxygen atoms in total. The van der Waals surface area contributed by atoms with Crippen molar-refractivity contribution in [2.24, 2.45) is 0 Å². The number of thiophene rings is 1. The number of hydrogen-bond acceptors (Lipinski definition) is 5. The predicted molar refractivity (Wildman–Crippen MR) is 83.4 cm³/mol. The van der Waals surface area contributed by atoms with E-state index in [1.807, 2.05) is 26.2 Å². The van der Waals surface area contributed by atoms with Gasteiger partial charge in [0.25, 0.3) is 0 Å². The first kappa shape index (κ1) is 15.5. The number of aliphatic hydroxyl groups is 1. The van der Waals surface area contributed by atoms with Crippen molar-refractivity contribution in [3.63, 3.8) is 0 Å². The normalized spacial score (nSPS) is 12.9. The van der Waals surface area contributed by atoms with Crippen molar-refractivity contribution in [3.05, 3.63) is 32.7 Å². The van der Waals surface area contributed by atoms with Crippen molar-refractivity contribution >= 4 is 27.3 Å². The van der Waals surface area contributed by atoms with Crippen LogP contribution in [-0.2, 0) is 6.54 Å². The van der Waals surface area contributed by atoms with Gasteiger partial charge in [-0.1, -0.05) is 0 Å². The maximum absolute atomic E-state index is 10.6. The summed E-state index contributed by atoms with van der Waals surface area (Å²) in [6.07, 6.45) is 0.919. The van der Waals surface area contributed by atoms with E-state index in [4.69, 9.17) is 4.74 Å². The Morgan fingerprint density at radius 3 is 2.80 bits per heavy atom. The van der Waals surface area contributed by atoms with Gasteiger partial charge in [-0.15, -0.1) is 11.3 Å². The molecule has 2 rings (SSSR count). The molecule has 0 radical (unpaired) electrons. The van der Waals surface area contributed by atoms with Gasteiger partial charge in [0.15, 0.2) is 5.75 Å². The third kappa shape index (κ3) is 3.41. The van der Waals surface area contributed by atoms with Crippen molar-refractivity contribution in [2.45, 2.75) is 12.6 Å². The number of likely N-dealkylation sites (N-methyl/N-ethyl adjacent to an activating group) is 1. The minimum atomic E-state index is -0.731. The molecule has 0 spiro atoms. The Kier molecular flexibility index (Phi) is 5.20. The third-order valence-electron chi connectivity index (χ3n) is 2.95. The van der Waals surface area contributed by atoms with Crippen LogP contribution in [0.1, 0.15) is 16.7 Å². The average molecular weight is 360 g/mol. The number of nitrogens with zero attached hydrogens (tertiary/aromatic N) is 3. The summed E-state index contributed by atoms with van der Waals surface area (Å²) in [5, 5.41) is 14.9. The summed E-state index contributed by atoms with van der Waals surface area (Å²) in [5.74, 6) is 0.612. The van der Waals surface area contributed by atoms with Gasteiger partial charge in [-0.25, -0.2) is 0 Å². The number of hydrogen-bond donors (Lipinski definition) is 1. The Morgan fingerprint density at radius 1 is 1.50 bits per heavy atom. The molecule has 0 fully saturated rings. The lowest BCUT2D eigenvalue weighted by Gasteiger charge is -2.15. The molecule has 2 heterocycles. The number of aromatic nitrogens is 2. The molecular formula is C13H18BrN3O2S. The predicted octanol–water partition coefficient (Wildman–Crippen LogP) is 2.36. The molecule has 0 aliphatic heterocycles. The zero-order valence-corrected chi connectivity index (χ0v) is 14.1. The molecule has 2 aromatic rings. The van der Waals surface area contributed by atoms with Crippen LogP contribution in [0.25, 0.3) is 0 Å². The largest absolute Gasteiger partial charge is 0.493 e. The molecule has 0 aliphatic rings. The zero-order valence-electron chi connectivity index (χ0n) is 11.7. The van der Waals surface area contributed by atoms with Crippen molar-refractivity contribution in [1.29, 1.82) is 0 Å². The van der Waals surface area contributed by atoms with Gasteiger partial charge in [-0.2, -0.15) is 5.10 Å². The molecule has 0 aliphatic carbocycles. The Hall–Kier alpha value is -0.890. The Labute approximate surface area is 130 Å². The van der Waals surface area contributed by atoms with E-state index < -0.39 is 6.10 Å². The molecule has 0 saturated heterocycles. The molecule has 2 aromatic heterocycles. The molecule has 0 aromatic carbocycles. The highest BCUT2D eigenvalue weighted by molar-refractivity contribution is 9.11.